The Hall–Kier alpha value is -2.27. The second-order valence-corrected chi connectivity index (χ2v) is 4.67. The van der Waals surface area contributed by atoms with Gasteiger partial charge in [0.25, 0.3) is 0 Å². The summed E-state index contributed by atoms with van der Waals surface area (Å²) >= 11 is 6.02. The fourth-order valence-electron chi connectivity index (χ4n) is 2.17. The molecule has 4 nitrogen and oxygen atoms in total. The van der Waals surface area contributed by atoms with Crippen molar-refractivity contribution in [1.29, 1.82) is 0 Å². The number of methoxy groups -OCH3 is 1. The fourth-order valence-corrected chi connectivity index (χ4v) is 2.34. The largest absolute Gasteiger partial charge is 0.495 e. The molecule has 0 radical (unpaired) electrons. The fraction of sp³-hybridized carbons (Fsp3) is 0.0714. The highest BCUT2D eigenvalue weighted by Crippen LogP contribution is 2.32. The molecule has 3 rings (SSSR count). The third-order valence-corrected chi connectivity index (χ3v) is 3.28. The summed E-state index contributed by atoms with van der Waals surface area (Å²) in [6.07, 6.45) is 0. The minimum Gasteiger partial charge on any atom is -0.495 e. The number of nitrogens with zero attached hydrogens (tertiary/aromatic N) is 2. The minimum absolute atomic E-state index is 0.172. The van der Waals surface area contributed by atoms with Gasteiger partial charge in [0.2, 0.25) is 5.95 Å². The highest BCUT2D eigenvalue weighted by atomic mass is 35.5. The van der Waals surface area contributed by atoms with Gasteiger partial charge in [0.1, 0.15) is 11.3 Å². The maximum Gasteiger partial charge on any atom is 0.206 e. The Bertz CT molecular complexity index is 800. The van der Waals surface area contributed by atoms with Crippen LogP contribution in [0, 0.1) is 5.82 Å². The molecule has 6 heteroatoms. The second kappa shape index (κ2) is 4.68. The molecule has 0 fully saturated rings. The number of hydrogen-bond donors (Lipinski definition) is 1. The number of nitrogens with two attached hydrogens (primary N) is 1. The number of rotatable bonds is 2. The van der Waals surface area contributed by atoms with Gasteiger partial charge in [0.15, 0.2) is 5.82 Å². The first-order valence-electron chi connectivity index (χ1n) is 5.88. The Morgan fingerprint density at radius 2 is 2.10 bits per heavy atom. The molecule has 0 aliphatic rings. The van der Waals surface area contributed by atoms with Crippen LogP contribution >= 0.6 is 11.6 Å². The molecule has 0 saturated carbocycles. The summed E-state index contributed by atoms with van der Waals surface area (Å²) in [5, 5.41) is 0.526. The molecule has 0 amide bonds. The molecule has 0 aliphatic heterocycles. The molecule has 2 aromatic carbocycles. The van der Waals surface area contributed by atoms with Gasteiger partial charge < -0.3 is 10.5 Å². The number of ether oxygens (including phenoxy) is 1. The number of para-hydroxylation sites is 1. The molecular formula is C14H11ClFN3O. The molecule has 0 unspecified atom stereocenters. The number of halogens is 2. The summed E-state index contributed by atoms with van der Waals surface area (Å²) in [6, 6.07) is 9.81. The smallest absolute Gasteiger partial charge is 0.206 e. The molecule has 0 saturated heterocycles. The van der Waals surface area contributed by atoms with Gasteiger partial charge in [-0.2, -0.15) is 0 Å². The molecule has 3 aromatic rings. The van der Waals surface area contributed by atoms with Crippen molar-refractivity contribution in [1.82, 2.24) is 9.55 Å². The predicted octanol–water partition coefficient (Wildman–Crippen LogP) is 3.41. The van der Waals surface area contributed by atoms with Gasteiger partial charge in [-0.05, 0) is 30.3 Å². The Kier molecular flexibility index (Phi) is 2.99. The van der Waals surface area contributed by atoms with E-state index < -0.39 is 5.82 Å². The molecular weight excluding hydrogens is 281 g/mol. The Morgan fingerprint density at radius 1 is 1.30 bits per heavy atom. The highest BCUT2D eigenvalue weighted by molar-refractivity contribution is 6.30. The second-order valence-electron chi connectivity index (χ2n) is 4.23. The number of benzene rings is 2. The molecule has 0 bridgehead atoms. The standard InChI is InChI=1S/C14H11ClFN3O/c1-20-12-6-5-8(15)7-11(12)19-10-4-2-3-9(16)13(10)18-14(19)17/h2-7H,1H3,(H2,17,18). The number of aromatic nitrogens is 2. The topological polar surface area (TPSA) is 53.1 Å². The van der Waals surface area contributed by atoms with Gasteiger partial charge in [0.05, 0.1) is 18.3 Å². The summed E-state index contributed by atoms with van der Waals surface area (Å²) in [5.74, 6) is 0.323. The first kappa shape index (κ1) is 12.7. The number of hydrogen-bond acceptors (Lipinski definition) is 3. The zero-order chi connectivity index (χ0) is 14.3. The molecule has 0 atom stereocenters. The van der Waals surface area contributed by atoms with E-state index in [1.54, 1.807) is 42.0 Å². The molecule has 1 aromatic heterocycles. The first-order valence-corrected chi connectivity index (χ1v) is 6.26. The zero-order valence-electron chi connectivity index (χ0n) is 10.6. The maximum atomic E-state index is 13.8. The van der Waals surface area contributed by atoms with Gasteiger partial charge in [-0.3, -0.25) is 4.57 Å². The average molecular weight is 292 g/mol. The Balaban J connectivity index is 2.38. The van der Waals surface area contributed by atoms with E-state index in [9.17, 15) is 4.39 Å². The van der Waals surface area contributed by atoms with Crippen molar-refractivity contribution in [2.75, 3.05) is 12.8 Å². The SMILES string of the molecule is COc1ccc(Cl)cc1-n1c(N)nc2c(F)cccc21. The molecule has 0 spiro atoms. The van der Waals surface area contributed by atoms with Gasteiger partial charge in [-0.1, -0.05) is 17.7 Å². The zero-order valence-corrected chi connectivity index (χ0v) is 11.4. The van der Waals surface area contributed by atoms with Crippen molar-refractivity contribution >= 4 is 28.6 Å². The van der Waals surface area contributed by atoms with Gasteiger partial charge in [-0.25, -0.2) is 9.37 Å². The van der Waals surface area contributed by atoms with E-state index in [0.717, 1.165) is 0 Å². The lowest BCUT2D eigenvalue weighted by atomic mass is 10.2. The van der Waals surface area contributed by atoms with E-state index in [4.69, 9.17) is 22.1 Å². The summed E-state index contributed by atoms with van der Waals surface area (Å²) in [4.78, 5) is 4.06. The molecule has 20 heavy (non-hydrogen) atoms. The first-order chi connectivity index (χ1) is 9.61. The monoisotopic (exact) mass is 291 g/mol. The van der Waals surface area contributed by atoms with E-state index in [2.05, 4.69) is 4.98 Å². The van der Waals surface area contributed by atoms with Crippen LogP contribution in [-0.2, 0) is 0 Å². The predicted molar refractivity (Wildman–Crippen MR) is 77.0 cm³/mol. The number of fused-ring (bicyclic) bond motifs is 1. The van der Waals surface area contributed by atoms with Crippen LogP contribution in [0.4, 0.5) is 10.3 Å². The van der Waals surface area contributed by atoms with Gasteiger partial charge in [-0.15, -0.1) is 0 Å². The molecule has 2 N–H and O–H groups in total. The third kappa shape index (κ3) is 1.87. The number of imidazole rings is 1. The van der Waals surface area contributed by atoms with E-state index in [1.165, 1.54) is 6.07 Å². The summed E-state index contributed by atoms with van der Waals surface area (Å²) in [7, 11) is 1.54. The quantitative estimate of drug-likeness (QED) is 0.787. The normalized spacial score (nSPS) is 10.9. The van der Waals surface area contributed by atoms with Crippen LogP contribution in [0.25, 0.3) is 16.7 Å². The van der Waals surface area contributed by atoms with Crippen molar-refractivity contribution < 1.29 is 9.13 Å². The summed E-state index contributed by atoms with van der Waals surface area (Å²) in [6.45, 7) is 0. The van der Waals surface area contributed by atoms with E-state index in [1.807, 2.05) is 0 Å². The van der Waals surface area contributed by atoms with Crippen LogP contribution in [0.1, 0.15) is 0 Å². The van der Waals surface area contributed by atoms with Crippen LogP contribution in [0.2, 0.25) is 5.02 Å². The lowest BCUT2D eigenvalue weighted by Gasteiger charge is -2.12. The van der Waals surface area contributed by atoms with E-state index >= 15 is 0 Å². The van der Waals surface area contributed by atoms with Crippen LogP contribution in [0.15, 0.2) is 36.4 Å². The van der Waals surface area contributed by atoms with Crippen LogP contribution in [0.5, 0.6) is 5.75 Å². The van der Waals surface area contributed by atoms with E-state index in [-0.39, 0.29) is 11.5 Å². The van der Waals surface area contributed by atoms with E-state index in [0.29, 0.717) is 22.0 Å². The number of anilines is 1. The maximum absolute atomic E-state index is 13.8. The average Bonchev–Trinajstić information content (AvgIpc) is 2.76. The van der Waals surface area contributed by atoms with Crippen molar-refractivity contribution in [2.24, 2.45) is 0 Å². The van der Waals surface area contributed by atoms with Crippen LogP contribution in [0.3, 0.4) is 0 Å². The van der Waals surface area contributed by atoms with Crippen LogP contribution in [-0.4, -0.2) is 16.7 Å². The van der Waals surface area contributed by atoms with Gasteiger partial charge in [0, 0.05) is 5.02 Å². The van der Waals surface area contributed by atoms with Crippen molar-refractivity contribution in [3.8, 4) is 11.4 Å². The lowest BCUT2D eigenvalue weighted by Crippen LogP contribution is -2.02. The Labute approximate surface area is 119 Å². The van der Waals surface area contributed by atoms with Crippen molar-refractivity contribution in [2.45, 2.75) is 0 Å². The molecule has 0 aliphatic carbocycles. The molecule has 1 heterocycles. The lowest BCUT2D eigenvalue weighted by molar-refractivity contribution is 0.413. The highest BCUT2D eigenvalue weighted by Gasteiger charge is 2.16. The van der Waals surface area contributed by atoms with Crippen molar-refractivity contribution in [3.05, 3.63) is 47.2 Å². The number of nitrogen functional groups attached to an aromatic ring is 1. The van der Waals surface area contributed by atoms with Gasteiger partial charge >= 0.3 is 0 Å². The molecule has 102 valence electrons. The summed E-state index contributed by atoms with van der Waals surface area (Å²) < 4.78 is 20.7. The van der Waals surface area contributed by atoms with Crippen LogP contribution < -0.4 is 10.5 Å². The minimum atomic E-state index is -0.422. The Morgan fingerprint density at radius 3 is 2.85 bits per heavy atom. The summed E-state index contributed by atoms with van der Waals surface area (Å²) in [5.41, 5.74) is 7.30. The third-order valence-electron chi connectivity index (χ3n) is 3.04. The van der Waals surface area contributed by atoms with Crippen molar-refractivity contribution in [3.63, 3.8) is 0 Å².